The van der Waals surface area contributed by atoms with Gasteiger partial charge in [0.2, 0.25) is 5.91 Å². The molecule has 0 aliphatic heterocycles. The van der Waals surface area contributed by atoms with Crippen LogP contribution in [0.3, 0.4) is 0 Å². The van der Waals surface area contributed by atoms with Crippen LogP contribution in [-0.2, 0) is 4.79 Å². The minimum atomic E-state index is 0.124. The summed E-state index contributed by atoms with van der Waals surface area (Å²) in [4.78, 5) is 16.6. The molecule has 2 aliphatic rings. The molecule has 2 unspecified atom stereocenters. The lowest BCUT2D eigenvalue weighted by Gasteiger charge is -2.14. The number of aromatic nitrogens is 3. The van der Waals surface area contributed by atoms with Crippen LogP contribution in [0.1, 0.15) is 19.3 Å². The lowest BCUT2D eigenvalue weighted by atomic mass is 10.0. The van der Waals surface area contributed by atoms with Crippen LogP contribution in [0.4, 0.5) is 5.69 Å². The second-order valence-corrected chi connectivity index (χ2v) is 5.74. The SMILES string of the molecule is O=C(Nc1cccnc1-n1cccn1)C1CC2CC2C1. The first-order valence-electron chi connectivity index (χ1n) is 7.07. The number of carbonyl (C=O) groups excluding carboxylic acids is 1. The van der Waals surface area contributed by atoms with E-state index in [0.717, 1.165) is 30.4 Å². The van der Waals surface area contributed by atoms with Crippen LogP contribution in [0.25, 0.3) is 5.82 Å². The fraction of sp³-hybridized carbons (Fsp3) is 0.400. The molecule has 0 aromatic carbocycles. The maximum atomic E-state index is 12.3. The van der Waals surface area contributed by atoms with Crippen molar-refractivity contribution < 1.29 is 4.79 Å². The second kappa shape index (κ2) is 4.44. The summed E-state index contributed by atoms with van der Waals surface area (Å²) >= 11 is 0. The van der Waals surface area contributed by atoms with Crippen LogP contribution in [0.5, 0.6) is 0 Å². The Hall–Kier alpha value is -2.17. The van der Waals surface area contributed by atoms with Crippen LogP contribution in [0.15, 0.2) is 36.8 Å². The summed E-state index contributed by atoms with van der Waals surface area (Å²) < 4.78 is 1.67. The number of fused-ring (bicyclic) bond motifs is 1. The molecule has 1 amide bonds. The molecule has 2 fully saturated rings. The molecule has 2 aromatic rings. The van der Waals surface area contributed by atoms with Gasteiger partial charge < -0.3 is 5.32 Å². The number of nitrogens with one attached hydrogen (secondary N) is 1. The van der Waals surface area contributed by atoms with E-state index in [4.69, 9.17) is 0 Å². The molecular weight excluding hydrogens is 252 g/mol. The molecule has 4 rings (SSSR count). The normalized spacial score (nSPS) is 27.1. The molecule has 5 nitrogen and oxygen atoms in total. The summed E-state index contributed by atoms with van der Waals surface area (Å²) in [6, 6.07) is 5.54. The molecular formula is C15H16N4O. The van der Waals surface area contributed by atoms with Gasteiger partial charge in [0.15, 0.2) is 5.82 Å². The first-order valence-corrected chi connectivity index (χ1v) is 7.07. The zero-order valence-electron chi connectivity index (χ0n) is 11.1. The van der Waals surface area contributed by atoms with Gasteiger partial charge in [-0.15, -0.1) is 0 Å². The number of nitrogens with zero attached hydrogens (tertiary/aromatic N) is 3. The molecule has 102 valence electrons. The summed E-state index contributed by atoms with van der Waals surface area (Å²) in [5.41, 5.74) is 0.724. The van der Waals surface area contributed by atoms with Crippen molar-refractivity contribution in [3.05, 3.63) is 36.8 Å². The Morgan fingerprint density at radius 2 is 2.05 bits per heavy atom. The monoisotopic (exact) mass is 268 g/mol. The van der Waals surface area contributed by atoms with E-state index in [2.05, 4.69) is 15.4 Å². The minimum Gasteiger partial charge on any atom is -0.323 e. The van der Waals surface area contributed by atoms with Gasteiger partial charge in [-0.2, -0.15) is 5.10 Å². The Morgan fingerprint density at radius 1 is 1.20 bits per heavy atom. The third-order valence-corrected chi connectivity index (χ3v) is 4.38. The molecule has 2 atom stereocenters. The van der Waals surface area contributed by atoms with Gasteiger partial charge in [-0.1, -0.05) is 0 Å². The molecule has 2 aliphatic carbocycles. The fourth-order valence-corrected chi connectivity index (χ4v) is 3.23. The average Bonchev–Trinajstić information content (AvgIpc) is 2.91. The Bertz CT molecular complexity index is 627. The Labute approximate surface area is 117 Å². The number of rotatable bonds is 3. The zero-order chi connectivity index (χ0) is 13.5. The Balaban J connectivity index is 1.55. The average molecular weight is 268 g/mol. The predicted molar refractivity (Wildman–Crippen MR) is 74.3 cm³/mol. The molecule has 0 bridgehead atoms. The number of anilines is 1. The van der Waals surface area contributed by atoms with E-state index in [1.54, 1.807) is 17.1 Å². The first kappa shape index (κ1) is 11.6. The first-order chi connectivity index (χ1) is 9.81. The lowest BCUT2D eigenvalue weighted by molar-refractivity contribution is -0.120. The summed E-state index contributed by atoms with van der Waals surface area (Å²) in [7, 11) is 0. The van der Waals surface area contributed by atoms with E-state index >= 15 is 0 Å². The lowest BCUT2D eigenvalue weighted by Crippen LogP contribution is -2.22. The molecule has 2 heterocycles. The summed E-state index contributed by atoms with van der Waals surface area (Å²) in [6.07, 6.45) is 8.65. The van der Waals surface area contributed by atoms with Crippen molar-refractivity contribution in [1.82, 2.24) is 14.8 Å². The van der Waals surface area contributed by atoms with Crippen molar-refractivity contribution in [2.24, 2.45) is 17.8 Å². The molecule has 20 heavy (non-hydrogen) atoms. The highest BCUT2D eigenvalue weighted by Gasteiger charge is 2.48. The number of carbonyl (C=O) groups is 1. The van der Waals surface area contributed by atoms with E-state index < -0.39 is 0 Å². The van der Waals surface area contributed by atoms with Gasteiger partial charge in [-0.25, -0.2) is 9.67 Å². The highest BCUT2D eigenvalue weighted by atomic mass is 16.1. The van der Waals surface area contributed by atoms with Crippen molar-refractivity contribution in [1.29, 1.82) is 0 Å². The fourth-order valence-electron chi connectivity index (χ4n) is 3.23. The Kier molecular flexibility index (Phi) is 2.58. The van der Waals surface area contributed by atoms with Gasteiger partial charge in [0.25, 0.3) is 0 Å². The summed E-state index contributed by atoms with van der Waals surface area (Å²) in [5, 5.41) is 7.19. The molecule has 5 heteroatoms. The van der Waals surface area contributed by atoms with E-state index in [-0.39, 0.29) is 11.8 Å². The molecule has 0 spiro atoms. The van der Waals surface area contributed by atoms with Crippen LogP contribution in [0.2, 0.25) is 0 Å². The number of amides is 1. The highest BCUT2D eigenvalue weighted by Crippen LogP contribution is 2.54. The van der Waals surface area contributed by atoms with Gasteiger partial charge in [-0.3, -0.25) is 4.79 Å². The number of hydrogen-bond donors (Lipinski definition) is 1. The van der Waals surface area contributed by atoms with E-state index in [9.17, 15) is 4.79 Å². The second-order valence-electron chi connectivity index (χ2n) is 5.74. The maximum absolute atomic E-state index is 12.3. The van der Waals surface area contributed by atoms with Crippen LogP contribution in [0, 0.1) is 17.8 Å². The van der Waals surface area contributed by atoms with Crippen molar-refractivity contribution in [3.8, 4) is 5.82 Å². The Morgan fingerprint density at radius 3 is 2.80 bits per heavy atom. The van der Waals surface area contributed by atoms with Gasteiger partial charge in [0.1, 0.15) is 0 Å². The summed E-state index contributed by atoms with van der Waals surface area (Å²) in [6.45, 7) is 0. The molecule has 2 saturated carbocycles. The van der Waals surface area contributed by atoms with Gasteiger partial charge >= 0.3 is 0 Å². The van der Waals surface area contributed by atoms with Crippen molar-refractivity contribution in [2.75, 3.05) is 5.32 Å². The molecule has 2 aromatic heterocycles. The minimum absolute atomic E-state index is 0.124. The third kappa shape index (κ3) is 1.99. The highest BCUT2D eigenvalue weighted by molar-refractivity contribution is 5.94. The quantitative estimate of drug-likeness (QED) is 0.928. The van der Waals surface area contributed by atoms with Gasteiger partial charge in [0, 0.05) is 24.5 Å². The van der Waals surface area contributed by atoms with Gasteiger partial charge in [0.05, 0.1) is 5.69 Å². The van der Waals surface area contributed by atoms with Crippen LogP contribution in [-0.4, -0.2) is 20.7 Å². The van der Waals surface area contributed by atoms with Crippen molar-refractivity contribution >= 4 is 11.6 Å². The molecule has 0 radical (unpaired) electrons. The summed E-state index contributed by atoms with van der Waals surface area (Å²) in [5.74, 6) is 2.58. The molecule has 1 N–H and O–H groups in total. The smallest absolute Gasteiger partial charge is 0.227 e. The van der Waals surface area contributed by atoms with Crippen molar-refractivity contribution in [2.45, 2.75) is 19.3 Å². The maximum Gasteiger partial charge on any atom is 0.227 e. The van der Waals surface area contributed by atoms with E-state index in [1.165, 1.54) is 6.42 Å². The zero-order valence-corrected chi connectivity index (χ0v) is 11.1. The van der Waals surface area contributed by atoms with Crippen LogP contribution < -0.4 is 5.32 Å². The van der Waals surface area contributed by atoms with Crippen molar-refractivity contribution in [3.63, 3.8) is 0 Å². The largest absolute Gasteiger partial charge is 0.323 e. The standard InChI is InChI=1S/C15H16N4O/c20-15(12-8-10-7-11(10)9-12)18-13-3-1-4-16-14(13)19-6-2-5-17-19/h1-6,10-12H,7-9H2,(H,18,20). The number of pyridine rings is 1. The van der Waals surface area contributed by atoms with Gasteiger partial charge in [-0.05, 0) is 49.3 Å². The predicted octanol–water partition coefficient (Wildman–Crippen LogP) is 2.25. The topological polar surface area (TPSA) is 59.8 Å². The van der Waals surface area contributed by atoms with E-state index in [0.29, 0.717) is 5.82 Å². The van der Waals surface area contributed by atoms with Crippen LogP contribution >= 0.6 is 0 Å². The molecule has 0 saturated heterocycles. The van der Waals surface area contributed by atoms with E-state index in [1.807, 2.05) is 24.4 Å². The third-order valence-electron chi connectivity index (χ3n) is 4.38. The number of hydrogen-bond acceptors (Lipinski definition) is 3.